The van der Waals surface area contributed by atoms with Crippen molar-refractivity contribution in [3.05, 3.63) is 58.3 Å². The van der Waals surface area contributed by atoms with Crippen molar-refractivity contribution in [3.8, 4) is 5.75 Å². The van der Waals surface area contributed by atoms with Crippen molar-refractivity contribution in [2.45, 2.75) is 18.9 Å². The molecule has 3 nitrogen and oxygen atoms in total. The van der Waals surface area contributed by atoms with E-state index in [9.17, 15) is 0 Å². The summed E-state index contributed by atoms with van der Waals surface area (Å²) in [6.45, 7) is 0. The maximum Gasteiger partial charge on any atom is 0.133 e. The van der Waals surface area contributed by atoms with Gasteiger partial charge in [-0.2, -0.15) is 0 Å². The molecule has 4 heteroatoms. The van der Waals surface area contributed by atoms with Gasteiger partial charge in [0.1, 0.15) is 5.75 Å². The van der Waals surface area contributed by atoms with Crippen LogP contribution in [0.1, 0.15) is 11.3 Å². The predicted molar refractivity (Wildman–Crippen MR) is 85.2 cm³/mol. The minimum absolute atomic E-state index is 0.366. The van der Waals surface area contributed by atoms with Gasteiger partial charge in [-0.25, -0.2) is 0 Å². The molecule has 106 valence electrons. The normalized spacial score (nSPS) is 12.2. The molecule has 1 atom stereocenters. The predicted octanol–water partition coefficient (Wildman–Crippen LogP) is 3.23. The highest BCUT2D eigenvalue weighted by atomic mass is 79.9. The Hall–Kier alpha value is -1.39. The minimum atomic E-state index is 0.366. The van der Waals surface area contributed by atoms with E-state index in [2.05, 4.69) is 44.4 Å². The van der Waals surface area contributed by atoms with E-state index in [4.69, 9.17) is 4.74 Å². The van der Waals surface area contributed by atoms with Gasteiger partial charge in [0.25, 0.3) is 0 Å². The topological polar surface area (TPSA) is 34.1 Å². The molecular weight excluding hydrogens is 316 g/mol. The van der Waals surface area contributed by atoms with E-state index < -0.39 is 0 Å². The Balaban J connectivity index is 2.04. The summed E-state index contributed by atoms with van der Waals surface area (Å²) in [6.07, 6.45) is 3.71. The van der Waals surface area contributed by atoms with Gasteiger partial charge in [-0.15, -0.1) is 0 Å². The molecule has 1 heterocycles. The zero-order valence-corrected chi connectivity index (χ0v) is 13.4. The standard InChI is InChI=1S/C16H19BrN2O/c1-18-14(11-13-5-3-4-8-19-13)9-12-6-7-16(20-2)15(17)10-12/h3-8,10,14,18H,9,11H2,1-2H3. The van der Waals surface area contributed by atoms with Gasteiger partial charge in [-0.05, 0) is 59.2 Å². The molecule has 1 aromatic heterocycles. The van der Waals surface area contributed by atoms with Crippen molar-refractivity contribution in [3.63, 3.8) is 0 Å². The Morgan fingerprint density at radius 3 is 2.70 bits per heavy atom. The van der Waals surface area contributed by atoms with Gasteiger partial charge in [0.2, 0.25) is 0 Å². The SMILES string of the molecule is CNC(Cc1ccc(OC)c(Br)c1)Cc1ccccn1. The number of hydrogen-bond donors (Lipinski definition) is 1. The van der Waals surface area contributed by atoms with E-state index >= 15 is 0 Å². The third-order valence-corrected chi connectivity index (χ3v) is 3.91. The maximum atomic E-state index is 5.25. The van der Waals surface area contributed by atoms with Gasteiger partial charge in [0.15, 0.2) is 0 Å². The molecule has 0 radical (unpaired) electrons. The number of halogens is 1. The largest absolute Gasteiger partial charge is 0.496 e. The molecule has 0 saturated carbocycles. The fourth-order valence-electron chi connectivity index (χ4n) is 2.17. The highest BCUT2D eigenvalue weighted by Gasteiger charge is 2.10. The molecule has 0 spiro atoms. The summed E-state index contributed by atoms with van der Waals surface area (Å²) in [4.78, 5) is 4.38. The maximum absolute atomic E-state index is 5.25. The summed E-state index contributed by atoms with van der Waals surface area (Å²) < 4.78 is 6.25. The molecule has 2 aromatic rings. The van der Waals surface area contributed by atoms with Gasteiger partial charge < -0.3 is 10.1 Å². The van der Waals surface area contributed by atoms with E-state index in [1.54, 1.807) is 7.11 Å². The number of rotatable bonds is 6. The van der Waals surface area contributed by atoms with E-state index in [1.165, 1.54) is 5.56 Å². The van der Waals surface area contributed by atoms with Crippen LogP contribution >= 0.6 is 15.9 Å². The Morgan fingerprint density at radius 2 is 2.10 bits per heavy atom. The zero-order valence-electron chi connectivity index (χ0n) is 11.8. The lowest BCUT2D eigenvalue weighted by atomic mass is 10.0. The summed E-state index contributed by atoms with van der Waals surface area (Å²) in [6, 6.07) is 12.6. The first-order chi connectivity index (χ1) is 9.72. The lowest BCUT2D eigenvalue weighted by molar-refractivity contribution is 0.412. The lowest BCUT2D eigenvalue weighted by Crippen LogP contribution is -2.30. The van der Waals surface area contributed by atoms with E-state index in [1.807, 2.05) is 31.4 Å². The number of aromatic nitrogens is 1. The number of benzene rings is 1. The van der Waals surface area contributed by atoms with Crippen LogP contribution in [-0.4, -0.2) is 25.2 Å². The smallest absolute Gasteiger partial charge is 0.133 e. The second kappa shape index (κ2) is 7.41. The van der Waals surface area contributed by atoms with Crippen LogP contribution in [0.5, 0.6) is 5.75 Å². The molecule has 20 heavy (non-hydrogen) atoms. The highest BCUT2D eigenvalue weighted by molar-refractivity contribution is 9.10. The Morgan fingerprint density at radius 1 is 1.25 bits per heavy atom. The van der Waals surface area contributed by atoms with Gasteiger partial charge >= 0.3 is 0 Å². The number of ether oxygens (including phenoxy) is 1. The number of nitrogens with zero attached hydrogens (tertiary/aromatic N) is 1. The Kier molecular flexibility index (Phi) is 5.56. The van der Waals surface area contributed by atoms with Crippen LogP contribution in [0.25, 0.3) is 0 Å². The summed E-state index contributed by atoms with van der Waals surface area (Å²) in [5.74, 6) is 0.861. The van der Waals surface area contributed by atoms with Crippen LogP contribution in [0.4, 0.5) is 0 Å². The first-order valence-corrected chi connectivity index (χ1v) is 7.42. The van der Waals surface area contributed by atoms with E-state index in [0.29, 0.717) is 6.04 Å². The summed E-state index contributed by atoms with van der Waals surface area (Å²) in [7, 11) is 3.67. The van der Waals surface area contributed by atoms with Crippen molar-refractivity contribution in [2.24, 2.45) is 0 Å². The summed E-state index contributed by atoms with van der Waals surface area (Å²) in [5, 5.41) is 3.36. The molecular formula is C16H19BrN2O. The first-order valence-electron chi connectivity index (χ1n) is 6.62. The molecule has 0 saturated heterocycles. The quantitative estimate of drug-likeness (QED) is 0.880. The molecule has 0 fully saturated rings. The van der Waals surface area contributed by atoms with Crippen LogP contribution < -0.4 is 10.1 Å². The monoisotopic (exact) mass is 334 g/mol. The zero-order chi connectivity index (χ0) is 14.4. The van der Waals surface area contributed by atoms with Crippen molar-refractivity contribution in [1.82, 2.24) is 10.3 Å². The number of methoxy groups -OCH3 is 1. The second-order valence-corrected chi connectivity index (χ2v) is 5.54. The Labute approximate surface area is 128 Å². The molecule has 0 amide bonds. The molecule has 0 aliphatic rings. The van der Waals surface area contributed by atoms with Gasteiger partial charge in [0, 0.05) is 24.4 Å². The van der Waals surface area contributed by atoms with Crippen molar-refractivity contribution >= 4 is 15.9 Å². The van der Waals surface area contributed by atoms with Crippen LogP contribution in [0.2, 0.25) is 0 Å². The van der Waals surface area contributed by atoms with Gasteiger partial charge in [-0.1, -0.05) is 12.1 Å². The van der Waals surface area contributed by atoms with Crippen molar-refractivity contribution in [1.29, 1.82) is 0 Å². The highest BCUT2D eigenvalue weighted by Crippen LogP contribution is 2.26. The molecule has 2 rings (SSSR count). The van der Waals surface area contributed by atoms with Crippen LogP contribution in [0.15, 0.2) is 47.1 Å². The first kappa shape index (κ1) is 15.0. The van der Waals surface area contributed by atoms with Crippen LogP contribution in [-0.2, 0) is 12.8 Å². The van der Waals surface area contributed by atoms with Crippen molar-refractivity contribution < 1.29 is 4.74 Å². The lowest BCUT2D eigenvalue weighted by Gasteiger charge is -2.16. The fourth-order valence-corrected chi connectivity index (χ4v) is 2.76. The third-order valence-electron chi connectivity index (χ3n) is 3.29. The molecule has 0 aliphatic carbocycles. The van der Waals surface area contributed by atoms with Crippen LogP contribution in [0.3, 0.4) is 0 Å². The van der Waals surface area contributed by atoms with Gasteiger partial charge in [-0.3, -0.25) is 4.98 Å². The number of pyridine rings is 1. The fraction of sp³-hybridized carbons (Fsp3) is 0.312. The molecule has 0 aliphatic heterocycles. The third kappa shape index (κ3) is 4.05. The minimum Gasteiger partial charge on any atom is -0.496 e. The average molecular weight is 335 g/mol. The van der Waals surface area contributed by atoms with Crippen molar-refractivity contribution in [2.75, 3.05) is 14.2 Å². The van der Waals surface area contributed by atoms with Gasteiger partial charge in [0.05, 0.1) is 11.6 Å². The number of hydrogen-bond acceptors (Lipinski definition) is 3. The van der Waals surface area contributed by atoms with E-state index in [0.717, 1.165) is 28.8 Å². The van der Waals surface area contributed by atoms with E-state index in [-0.39, 0.29) is 0 Å². The Bertz CT molecular complexity index is 545. The number of likely N-dealkylation sites (N-methyl/N-ethyl adjacent to an activating group) is 1. The molecule has 1 aromatic carbocycles. The second-order valence-electron chi connectivity index (χ2n) is 4.68. The molecule has 1 N–H and O–H groups in total. The molecule has 1 unspecified atom stereocenters. The summed E-state index contributed by atoms with van der Waals surface area (Å²) >= 11 is 3.53. The number of nitrogens with one attached hydrogen (secondary N) is 1. The molecule has 0 bridgehead atoms. The van der Waals surface area contributed by atoms with Crippen LogP contribution in [0, 0.1) is 0 Å². The average Bonchev–Trinajstić information content (AvgIpc) is 2.48. The summed E-state index contributed by atoms with van der Waals surface area (Å²) in [5.41, 5.74) is 2.38.